The summed E-state index contributed by atoms with van der Waals surface area (Å²) in [4.78, 5) is 11.6. The molecule has 0 aliphatic rings. The van der Waals surface area contributed by atoms with Crippen LogP contribution in [0, 0.1) is 0 Å². The molecular formula is C12H13F3O5S. The summed E-state index contributed by atoms with van der Waals surface area (Å²) in [7, 11) is -5.77. The average molecular weight is 326 g/mol. The minimum atomic E-state index is -5.77. The molecule has 0 saturated carbocycles. The zero-order chi connectivity index (χ0) is 16.1. The second-order valence-corrected chi connectivity index (χ2v) is 5.54. The predicted octanol–water partition coefficient (Wildman–Crippen LogP) is 2.87. The maximum absolute atomic E-state index is 12.2. The number of unbranched alkanes of at least 4 members (excludes halogenated alkanes) is 1. The van der Waals surface area contributed by atoms with E-state index in [-0.39, 0.29) is 12.2 Å². The van der Waals surface area contributed by atoms with E-state index in [0.29, 0.717) is 6.42 Å². The minimum Gasteiger partial charge on any atom is -0.462 e. The molecule has 0 fully saturated rings. The quantitative estimate of drug-likeness (QED) is 0.348. The van der Waals surface area contributed by atoms with E-state index in [1.54, 1.807) is 0 Å². The maximum Gasteiger partial charge on any atom is 0.534 e. The fraction of sp³-hybridized carbons (Fsp3) is 0.417. The monoisotopic (exact) mass is 326 g/mol. The third kappa shape index (κ3) is 4.92. The van der Waals surface area contributed by atoms with Crippen LogP contribution in [-0.4, -0.2) is 26.5 Å². The van der Waals surface area contributed by atoms with Gasteiger partial charge in [-0.3, -0.25) is 0 Å². The molecule has 1 aromatic rings. The molecule has 0 atom stereocenters. The first-order valence-corrected chi connectivity index (χ1v) is 7.36. The van der Waals surface area contributed by atoms with E-state index in [1.807, 2.05) is 6.92 Å². The Hall–Kier alpha value is -1.77. The van der Waals surface area contributed by atoms with Crippen molar-refractivity contribution in [3.8, 4) is 5.75 Å². The first-order valence-electron chi connectivity index (χ1n) is 5.95. The Morgan fingerprint density at radius 2 is 1.95 bits per heavy atom. The lowest BCUT2D eigenvalue weighted by molar-refractivity contribution is -0.0500. The van der Waals surface area contributed by atoms with Crippen LogP contribution < -0.4 is 4.18 Å². The van der Waals surface area contributed by atoms with Crippen molar-refractivity contribution >= 4 is 16.1 Å². The van der Waals surface area contributed by atoms with Gasteiger partial charge in [-0.05, 0) is 24.6 Å². The Balaban J connectivity index is 2.84. The van der Waals surface area contributed by atoms with E-state index in [4.69, 9.17) is 4.74 Å². The number of benzene rings is 1. The number of hydrogen-bond acceptors (Lipinski definition) is 5. The third-order valence-electron chi connectivity index (χ3n) is 2.29. The molecule has 118 valence electrons. The van der Waals surface area contributed by atoms with E-state index in [2.05, 4.69) is 4.18 Å². The van der Waals surface area contributed by atoms with Gasteiger partial charge in [0.25, 0.3) is 0 Å². The summed E-state index contributed by atoms with van der Waals surface area (Å²) in [5, 5.41) is 0. The van der Waals surface area contributed by atoms with Gasteiger partial charge in [0.05, 0.1) is 12.2 Å². The normalized spacial score (nSPS) is 12.0. The number of alkyl halides is 3. The van der Waals surface area contributed by atoms with Crippen molar-refractivity contribution in [2.24, 2.45) is 0 Å². The van der Waals surface area contributed by atoms with Crippen LogP contribution in [0.4, 0.5) is 13.2 Å². The van der Waals surface area contributed by atoms with Crippen LogP contribution in [0.1, 0.15) is 30.1 Å². The highest BCUT2D eigenvalue weighted by molar-refractivity contribution is 7.88. The zero-order valence-electron chi connectivity index (χ0n) is 11.0. The molecule has 0 spiro atoms. The lowest BCUT2D eigenvalue weighted by Crippen LogP contribution is -2.28. The molecule has 1 aromatic carbocycles. The highest BCUT2D eigenvalue weighted by atomic mass is 32.2. The Kier molecular flexibility index (Phi) is 5.59. The van der Waals surface area contributed by atoms with Gasteiger partial charge in [-0.25, -0.2) is 4.79 Å². The number of carbonyl (C=O) groups excluding carboxylic acids is 1. The van der Waals surface area contributed by atoms with Crippen LogP contribution in [0.5, 0.6) is 5.75 Å². The highest BCUT2D eigenvalue weighted by Crippen LogP contribution is 2.27. The van der Waals surface area contributed by atoms with Crippen LogP contribution in [0.3, 0.4) is 0 Å². The van der Waals surface area contributed by atoms with Crippen LogP contribution >= 0.6 is 0 Å². The van der Waals surface area contributed by atoms with Gasteiger partial charge in [-0.2, -0.15) is 21.6 Å². The van der Waals surface area contributed by atoms with Crippen molar-refractivity contribution < 1.29 is 35.3 Å². The standard InChI is InChI=1S/C12H13F3O5S/c1-2-3-7-19-11(16)9-5-4-6-10(8-9)20-21(17,18)12(13,14)15/h4-6,8H,2-3,7H2,1H3. The SMILES string of the molecule is CCCCOC(=O)c1cccc(OS(=O)(=O)C(F)(F)F)c1. The molecule has 5 nitrogen and oxygen atoms in total. The smallest absolute Gasteiger partial charge is 0.462 e. The van der Waals surface area contributed by atoms with Gasteiger partial charge in [0, 0.05) is 0 Å². The molecule has 0 N–H and O–H groups in total. The average Bonchev–Trinajstić information content (AvgIpc) is 2.37. The van der Waals surface area contributed by atoms with E-state index in [9.17, 15) is 26.4 Å². The molecular weight excluding hydrogens is 313 g/mol. The maximum atomic E-state index is 12.2. The molecule has 0 amide bonds. The molecule has 9 heteroatoms. The molecule has 0 aliphatic carbocycles. The summed E-state index contributed by atoms with van der Waals surface area (Å²) in [6.07, 6.45) is 1.45. The summed E-state index contributed by atoms with van der Waals surface area (Å²) in [6.45, 7) is 2.06. The molecule has 0 heterocycles. The van der Waals surface area contributed by atoms with Crippen LogP contribution in [0.15, 0.2) is 24.3 Å². The lowest BCUT2D eigenvalue weighted by Gasteiger charge is -2.10. The topological polar surface area (TPSA) is 69.7 Å². The number of hydrogen-bond donors (Lipinski definition) is 0. The summed E-state index contributed by atoms with van der Waals surface area (Å²) in [6, 6.07) is 4.34. The fourth-order valence-electron chi connectivity index (χ4n) is 1.24. The second kappa shape index (κ2) is 6.79. The number of carbonyl (C=O) groups is 1. The molecule has 0 saturated heterocycles. The van der Waals surface area contributed by atoms with Crippen LogP contribution in [-0.2, 0) is 14.9 Å². The Morgan fingerprint density at radius 3 is 2.52 bits per heavy atom. The summed E-state index contributed by atoms with van der Waals surface area (Å²) in [5.74, 6) is -1.38. The molecule has 0 unspecified atom stereocenters. The number of rotatable bonds is 6. The number of ether oxygens (including phenoxy) is 1. The van der Waals surface area contributed by atoms with E-state index >= 15 is 0 Å². The fourth-order valence-corrected chi connectivity index (χ4v) is 1.69. The van der Waals surface area contributed by atoms with Gasteiger partial charge in [-0.1, -0.05) is 19.4 Å². The molecule has 0 aliphatic heterocycles. The molecule has 0 bridgehead atoms. The minimum absolute atomic E-state index is 0.0963. The Bertz CT molecular complexity index is 595. The predicted molar refractivity (Wildman–Crippen MR) is 67.2 cm³/mol. The molecule has 0 aromatic heterocycles. The van der Waals surface area contributed by atoms with Gasteiger partial charge in [-0.15, -0.1) is 0 Å². The van der Waals surface area contributed by atoms with Crippen molar-refractivity contribution in [3.05, 3.63) is 29.8 Å². The Labute approximate surface area is 119 Å². The van der Waals surface area contributed by atoms with Crippen LogP contribution in [0.25, 0.3) is 0 Å². The summed E-state index contributed by atoms with van der Waals surface area (Å²) >= 11 is 0. The summed E-state index contributed by atoms with van der Waals surface area (Å²) < 4.78 is 67.0. The first kappa shape index (κ1) is 17.3. The van der Waals surface area contributed by atoms with Crippen molar-refractivity contribution in [3.63, 3.8) is 0 Å². The number of halogens is 3. The van der Waals surface area contributed by atoms with Crippen molar-refractivity contribution in [1.82, 2.24) is 0 Å². The largest absolute Gasteiger partial charge is 0.534 e. The van der Waals surface area contributed by atoms with Gasteiger partial charge < -0.3 is 8.92 Å². The zero-order valence-corrected chi connectivity index (χ0v) is 11.8. The second-order valence-electron chi connectivity index (χ2n) is 4.00. The van der Waals surface area contributed by atoms with E-state index < -0.39 is 27.3 Å². The third-order valence-corrected chi connectivity index (χ3v) is 3.27. The highest BCUT2D eigenvalue weighted by Gasteiger charge is 2.48. The van der Waals surface area contributed by atoms with Gasteiger partial charge in [0.1, 0.15) is 5.75 Å². The van der Waals surface area contributed by atoms with Gasteiger partial charge in [0.15, 0.2) is 0 Å². The van der Waals surface area contributed by atoms with Gasteiger partial charge >= 0.3 is 21.6 Å². The van der Waals surface area contributed by atoms with Crippen molar-refractivity contribution in [1.29, 1.82) is 0 Å². The lowest BCUT2D eigenvalue weighted by atomic mass is 10.2. The molecule has 0 radical (unpaired) electrons. The molecule has 21 heavy (non-hydrogen) atoms. The van der Waals surface area contributed by atoms with Crippen molar-refractivity contribution in [2.75, 3.05) is 6.61 Å². The van der Waals surface area contributed by atoms with E-state index in [1.165, 1.54) is 12.1 Å². The van der Waals surface area contributed by atoms with Crippen molar-refractivity contribution in [2.45, 2.75) is 25.3 Å². The Morgan fingerprint density at radius 1 is 1.29 bits per heavy atom. The molecule has 1 rings (SSSR count). The first-order chi connectivity index (χ1) is 9.67. The van der Waals surface area contributed by atoms with E-state index in [0.717, 1.165) is 18.6 Å². The van der Waals surface area contributed by atoms with Gasteiger partial charge in [0.2, 0.25) is 0 Å². The van der Waals surface area contributed by atoms with Crippen LogP contribution in [0.2, 0.25) is 0 Å². The summed E-state index contributed by atoms with van der Waals surface area (Å²) in [5.41, 5.74) is -5.63. The number of esters is 1.